The van der Waals surface area contributed by atoms with Crippen LogP contribution in [0.3, 0.4) is 0 Å². The van der Waals surface area contributed by atoms with E-state index >= 15 is 0 Å². The lowest BCUT2D eigenvalue weighted by atomic mass is 10.1. The number of aryl methyl sites for hydroxylation is 2. The lowest BCUT2D eigenvalue weighted by Crippen LogP contribution is -2.26. The van der Waals surface area contributed by atoms with Gasteiger partial charge in [-0.05, 0) is 56.4 Å². The zero-order valence-electron chi connectivity index (χ0n) is 11.3. The minimum absolute atomic E-state index is 0.166. The van der Waals surface area contributed by atoms with Crippen molar-refractivity contribution in [2.75, 3.05) is 18.5 Å². The van der Waals surface area contributed by atoms with Gasteiger partial charge in [0.2, 0.25) is 0 Å². The number of hydrogen-bond donors (Lipinski definition) is 2. The van der Waals surface area contributed by atoms with Crippen molar-refractivity contribution in [2.24, 2.45) is 0 Å². The fourth-order valence-corrected chi connectivity index (χ4v) is 2.28. The maximum absolute atomic E-state index is 9.77. The molecule has 1 unspecified atom stereocenters. The summed E-state index contributed by atoms with van der Waals surface area (Å²) in [7, 11) is 0. The minimum atomic E-state index is -0.458. The molecule has 0 spiro atoms. The highest BCUT2D eigenvalue weighted by Gasteiger charge is 2.11. The first kappa shape index (κ1) is 13.4. The smallest absolute Gasteiger partial charge is 0.0945 e. The number of nitrogens with one attached hydrogen (secondary N) is 1. The van der Waals surface area contributed by atoms with Gasteiger partial charge in [-0.25, -0.2) is 0 Å². The van der Waals surface area contributed by atoms with Crippen molar-refractivity contribution in [1.29, 1.82) is 0 Å². The standard InChI is InChI=1S/C15H23NO2/c1-11(2)18-10-15(17)9-16-14-7-6-12-4-3-5-13(12)8-14/h6-8,11,15-17H,3-5,9-10H2,1-2H3. The van der Waals surface area contributed by atoms with Crippen LogP contribution in [0.5, 0.6) is 0 Å². The maximum Gasteiger partial charge on any atom is 0.0945 e. The summed E-state index contributed by atoms with van der Waals surface area (Å²) in [6, 6.07) is 6.50. The molecule has 0 radical (unpaired) electrons. The van der Waals surface area contributed by atoms with Crippen molar-refractivity contribution in [3.63, 3.8) is 0 Å². The lowest BCUT2D eigenvalue weighted by Gasteiger charge is -2.15. The van der Waals surface area contributed by atoms with Gasteiger partial charge in [-0.15, -0.1) is 0 Å². The second-order valence-corrected chi connectivity index (χ2v) is 5.25. The van der Waals surface area contributed by atoms with Crippen LogP contribution in [0.4, 0.5) is 5.69 Å². The van der Waals surface area contributed by atoms with E-state index in [9.17, 15) is 5.11 Å². The third-order valence-corrected chi connectivity index (χ3v) is 3.26. The summed E-state index contributed by atoms with van der Waals surface area (Å²) in [5.74, 6) is 0. The molecule has 0 amide bonds. The zero-order valence-corrected chi connectivity index (χ0v) is 11.3. The summed E-state index contributed by atoms with van der Waals surface area (Å²) in [6.45, 7) is 4.86. The van der Waals surface area contributed by atoms with E-state index in [1.54, 1.807) is 0 Å². The molecule has 1 atom stereocenters. The van der Waals surface area contributed by atoms with Crippen molar-refractivity contribution in [3.05, 3.63) is 29.3 Å². The number of benzene rings is 1. The van der Waals surface area contributed by atoms with Crippen molar-refractivity contribution in [3.8, 4) is 0 Å². The van der Waals surface area contributed by atoms with Crippen LogP contribution in [0.1, 0.15) is 31.4 Å². The Bertz CT molecular complexity index is 390. The molecule has 1 aromatic rings. The molecule has 1 aliphatic rings. The average Bonchev–Trinajstić information content (AvgIpc) is 2.81. The molecular formula is C15H23NO2. The monoisotopic (exact) mass is 249 g/mol. The molecule has 18 heavy (non-hydrogen) atoms. The molecule has 2 N–H and O–H groups in total. The summed E-state index contributed by atoms with van der Waals surface area (Å²) in [4.78, 5) is 0. The summed E-state index contributed by atoms with van der Waals surface area (Å²) in [5, 5.41) is 13.0. The molecule has 0 fully saturated rings. The molecule has 3 heteroatoms. The van der Waals surface area contributed by atoms with Crippen molar-refractivity contribution in [1.82, 2.24) is 0 Å². The summed E-state index contributed by atoms with van der Waals surface area (Å²) in [6.07, 6.45) is 3.37. The van der Waals surface area contributed by atoms with Crippen LogP contribution in [0, 0.1) is 0 Å². The minimum Gasteiger partial charge on any atom is -0.389 e. The highest BCUT2D eigenvalue weighted by atomic mass is 16.5. The van der Waals surface area contributed by atoms with E-state index in [4.69, 9.17) is 4.74 Å². The molecule has 1 aliphatic carbocycles. The highest BCUT2D eigenvalue weighted by Crippen LogP contribution is 2.24. The molecule has 100 valence electrons. The van der Waals surface area contributed by atoms with Gasteiger partial charge in [-0.2, -0.15) is 0 Å². The van der Waals surface area contributed by atoms with E-state index < -0.39 is 6.10 Å². The average molecular weight is 249 g/mol. The third kappa shape index (κ3) is 3.72. The van der Waals surface area contributed by atoms with E-state index in [0.29, 0.717) is 13.2 Å². The number of anilines is 1. The first-order chi connectivity index (χ1) is 8.65. The van der Waals surface area contributed by atoms with E-state index in [0.717, 1.165) is 5.69 Å². The Morgan fingerprint density at radius 1 is 1.28 bits per heavy atom. The van der Waals surface area contributed by atoms with Gasteiger partial charge in [-0.3, -0.25) is 0 Å². The highest BCUT2D eigenvalue weighted by molar-refractivity contribution is 5.50. The molecule has 0 heterocycles. The number of ether oxygens (including phenoxy) is 1. The molecule has 2 rings (SSSR count). The summed E-state index contributed by atoms with van der Waals surface area (Å²) < 4.78 is 5.38. The Labute approximate surface area is 109 Å². The number of rotatable bonds is 6. The van der Waals surface area contributed by atoms with Crippen LogP contribution in [0.15, 0.2) is 18.2 Å². The molecule has 1 aromatic carbocycles. The normalized spacial score (nSPS) is 15.8. The number of aliphatic hydroxyl groups is 1. The number of fused-ring (bicyclic) bond motifs is 1. The largest absolute Gasteiger partial charge is 0.389 e. The first-order valence-corrected chi connectivity index (χ1v) is 6.80. The van der Waals surface area contributed by atoms with Gasteiger partial charge in [-0.1, -0.05) is 6.07 Å². The second kappa shape index (κ2) is 6.21. The fraction of sp³-hybridized carbons (Fsp3) is 0.600. The van der Waals surface area contributed by atoms with Crippen LogP contribution < -0.4 is 5.32 Å². The van der Waals surface area contributed by atoms with Crippen LogP contribution in [0.25, 0.3) is 0 Å². The predicted octanol–water partition coefficient (Wildman–Crippen LogP) is 2.37. The van der Waals surface area contributed by atoms with E-state index in [-0.39, 0.29) is 6.10 Å². The predicted molar refractivity (Wildman–Crippen MR) is 74.1 cm³/mol. The molecule has 0 saturated heterocycles. The molecule has 0 saturated carbocycles. The van der Waals surface area contributed by atoms with Crippen LogP contribution in [-0.2, 0) is 17.6 Å². The van der Waals surface area contributed by atoms with Crippen molar-refractivity contribution in [2.45, 2.75) is 45.3 Å². The summed E-state index contributed by atoms with van der Waals surface area (Å²) in [5.41, 5.74) is 4.02. The fourth-order valence-electron chi connectivity index (χ4n) is 2.28. The first-order valence-electron chi connectivity index (χ1n) is 6.80. The van der Waals surface area contributed by atoms with Crippen molar-refractivity contribution >= 4 is 5.69 Å². The van der Waals surface area contributed by atoms with Gasteiger partial charge >= 0.3 is 0 Å². The van der Waals surface area contributed by atoms with E-state index in [1.165, 1.54) is 30.4 Å². The SMILES string of the molecule is CC(C)OCC(O)CNc1ccc2c(c1)CCC2. The molecule has 0 bridgehead atoms. The van der Waals surface area contributed by atoms with Crippen LogP contribution in [-0.4, -0.2) is 30.5 Å². The van der Waals surface area contributed by atoms with E-state index in [1.807, 2.05) is 13.8 Å². The van der Waals surface area contributed by atoms with Gasteiger partial charge < -0.3 is 15.2 Å². The quantitative estimate of drug-likeness (QED) is 0.813. The van der Waals surface area contributed by atoms with Gasteiger partial charge in [0.25, 0.3) is 0 Å². The van der Waals surface area contributed by atoms with Crippen molar-refractivity contribution < 1.29 is 9.84 Å². The van der Waals surface area contributed by atoms with Gasteiger partial charge in [0.1, 0.15) is 0 Å². The number of aliphatic hydroxyl groups excluding tert-OH is 1. The lowest BCUT2D eigenvalue weighted by molar-refractivity contribution is 0.0112. The Balaban J connectivity index is 1.79. The molecule has 3 nitrogen and oxygen atoms in total. The number of hydrogen-bond acceptors (Lipinski definition) is 3. The van der Waals surface area contributed by atoms with Crippen LogP contribution in [0.2, 0.25) is 0 Å². The molecule has 0 aromatic heterocycles. The maximum atomic E-state index is 9.77. The Morgan fingerprint density at radius 3 is 2.83 bits per heavy atom. The zero-order chi connectivity index (χ0) is 13.0. The summed E-state index contributed by atoms with van der Waals surface area (Å²) >= 11 is 0. The van der Waals surface area contributed by atoms with Gasteiger partial charge in [0, 0.05) is 12.2 Å². The van der Waals surface area contributed by atoms with Gasteiger partial charge in [0.05, 0.1) is 18.8 Å². The van der Waals surface area contributed by atoms with Crippen LogP contribution >= 0.6 is 0 Å². The van der Waals surface area contributed by atoms with Gasteiger partial charge in [0.15, 0.2) is 0 Å². The Kier molecular flexibility index (Phi) is 4.61. The van der Waals surface area contributed by atoms with E-state index in [2.05, 4.69) is 23.5 Å². The molecular weight excluding hydrogens is 226 g/mol. The topological polar surface area (TPSA) is 41.5 Å². The Morgan fingerprint density at radius 2 is 2.06 bits per heavy atom. The Hall–Kier alpha value is -1.06. The second-order valence-electron chi connectivity index (χ2n) is 5.25. The molecule has 0 aliphatic heterocycles. The third-order valence-electron chi connectivity index (χ3n) is 3.26.